The Labute approximate surface area is 93.6 Å². The molecule has 3 N–H and O–H groups in total. The van der Waals surface area contributed by atoms with E-state index in [1.807, 2.05) is 0 Å². The largest absolute Gasteiger partial charge is 0.393 e. The van der Waals surface area contributed by atoms with Gasteiger partial charge in [-0.3, -0.25) is 0 Å². The van der Waals surface area contributed by atoms with Gasteiger partial charge in [0.15, 0.2) is 11.0 Å². The zero-order valence-electron chi connectivity index (χ0n) is 8.33. The van der Waals surface area contributed by atoms with Crippen LogP contribution in [0.4, 0.5) is 11.5 Å². The molecular weight excluding hydrogens is 212 g/mol. The number of rotatable bonds is 4. The second-order valence-corrected chi connectivity index (χ2v) is 3.94. The Balaban J connectivity index is 2.28. The fourth-order valence-corrected chi connectivity index (χ4v) is 1.46. The molecule has 1 saturated carbocycles. The second-order valence-electron chi connectivity index (χ2n) is 3.58. The van der Waals surface area contributed by atoms with Gasteiger partial charge in [0.1, 0.15) is 11.5 Å². The molecule has 1 fully saturated rings. The van der Waals surface area contributed by atoms with Crippen molar-refractivity contribution in [2.24, 2.45) is 0 Å². The van der Waals surface area contributed by atoms with Crippen LogP contribution < -0.4 is 11.1 Å². The summed E-state index contributed by atoms with van der Waals surface area (Å²) in [4.78, 5) is 8.52. The van der Waals surface area contributed by atoms with Crippen molar-refractivity contribution in [3.8, 4) is 0 Å². The topological polar surface area (TPSA) is 63.8 Å². The van der Waals surface area contributed by atoms with E-state index in [1.54, 1.807) is 6.08 Å². The molecule has 0 amide bonds. The number of nitrogens with one attached hydrogen (secondary N) is 1. The third-order valence-corrected chi connectivity index (χ3v) is 2.56. The third kappa shape index (κ3) is 2.21. The molecule has 0 saturated heterocycles. The van der Waals surface area contributed by atoms with Crippen LogP contribution in [0.2, 0.25) is 5.15 Å². The zero-order chi connectivity index (χ0) is 10.8. The van der Waals surface area contributed by atoms with E-state index >= 15 is 0 Å². The van der Waals surface area contributed by atoms with E-state index in [4.69, 9.17) is 17.3 Å². The van der Waals surface area contributed by atoms with Crippen LogP contribution in [0.1, 0.15) is 24.6 Å². The van der Waals surface area contributed by atoms with Crippen molar-refractivity contribution in [1.82, 2.24) is 9.97 Å². The highest BCUT2D eigenvalue weighted by molar-refractivity contribution is 6.32. The Morgan fingerprint density at radius 2 is 2.27 bits per heavy atom. The molecule has 5 heteroatoms. The van der Waals surface area contributed by atoms with Crippen molar-refractivity contribution >= 4 is 23.1 Å². The number of hydrogen-bond acceptors (Lipinski definition) is 4. The molecule has 0 radical (unpaired) electrons. The van der Waals surface area contributed by atoms with Crippen LogP contribution in [0.3, 0.4) is 0 Å². The Kier molecular flexibility index (Phi) is 2.77. The number of anilines is 2. The van der Waals surface area contributed by atoms with Crippen molar-refractivity contribution in [2.75, 3.05) is 17.6 Å². The summed E-state index contributed by atoms with van der Waals surface area (Å²) in [5.41, 5.74) is 6.16. The lowest BCUT2D eigenvalue weighted by molar-refractivity contribution is 0.929. The third-order valence-electron chi connectivity index (χ3n) is 2.27. The average molecular weight is 225 g/mol. The number of nitrogens with two attached hydrogens (primary N) is 1. The summed E-state index contributed by atoms with van der Waals surface area (Å²) >= 11 is 5.93. The summed E-state index contributed by atoms with van der Waals surface area (Å²) < 4.78 is 0. The summed E-state index contributed by atoms with van der Waals surface area (Å²) in [5.74, 6) is 1.87. The highest BCUT2D eigenvalue weighted by Crippen LogP contribution is 2.39. The Bertz CT molecular complexity index is 387. The molecule has 4 nitrogen and oxygen atoms in total. The first kappa shape index (κ1) is 10.2. The lowest BCUT2D eigenvalue weighted by atomic mass is 10.3. The maximum absolute atomic E-state index is 5.93. The molecule has 80 valence electrons. The SMILES string of the molecule is C=CCNc1nc(C2CC2)nc(Cl)c1N. The van der Waals surface area contributed by atoms with Gasteiger partial charge in [-0.1, -0.05) is 17.7 Å². The van der Waals surface area contributed by atoms with E-state index in [-0.39, 0.29) is 0 Å². The summed E-state index contributed by atoms with van der Waals surface area (Å²) in [6, 6.07) is 0. The molecule has 0 unspecified atom stereocenters. The van der Waals surface area contributed by atoms with Crippen LogP contribution in [0.15, 0.2) is 12.7 Å². The molecule has 1 aliphatic rings. The fraction of sp³-hybridized carbons (Fsp3) is 0.400. The molecule has 1 aromatic heterocycles. The molecule has 15 heavy (non-hydrogen) atoms. The van der Waals surface area contributed by atoms with Crippen LogP contribution in [0, 0.1) is 0 Å². The monoisotopic (exact) mass is 224 g/mol. The molecule has 0 aliphatic heterocycles. The van der Waals surface area contributed by atoms with Crippen LogP contribution in [0.25, 0.3) is 0 Å². The minimum Gasteiger partial charge on any atom is -0.393 e. The van der Waals surface area contributed by atoms with Gasteiger partial charge in [0.2, 0.25) is 0 Å². The lowest BCUT2D eigenvalue weighted by Gasteiger charge is -2.09. The standard InChI is InChI=1S/C10H13ClN4/c1-2-5-13-10-7(12)8(11)14-9(15-10)6-3-4-6/h2,6H,1,3-5,12H2,(H,13,14,15). The maximum atomic E-state index is 5.93. The number of nitrogen functional groups attached to an aromatic ring is 1. The van der Waals surface area contributed by atoms with Crippen LogP contribution in [0.5, 0.6) is 0 Å². The van der Waals surface area contributed by atoms with Crippen molar-refractivity contribution in [2.45, 2.75) is 18.8 Å². The molecular formula is C10H13ClN4. The van der Waals surface area contributed by atoms with Gasteiger partial charge >= 0.3 is 0 Å². The van der Waals surface area contributed by atoms with Gasteiger partial charge in [-0.05, 0) is 12.8 Å². The summed E-state index contributed by atoms with van der Waals surface area (Å²) in [6.07, 6.45) is 4.02. The molecule has 1 heterocycles. The molecule has 0 aromatic carbocycles. The van der Waals surface area contributed by atoms with E-state index in [2.05, 4.69) is 21.9 Å². The first-order valence-corrected chi connectivity index (χ1v) is 5.28. The van der Waals surface area contributed by atoms with Gasteiger partial charge in [-0.2, -0.15) is 0 Å². The average Bonchev–Trinajstić information content (AvgIpc) is 3.03. The van der Waals surface area contributed by atoms with E-state index in [0.29, 0.717) is 29.1 Å². The first-order valence-electron chi connectivity index (χ1n) is 4.90. The zero-order valence-corrected chi connectivity index (χ0v) is 9.09. The van der Waals surface area contributed by atoms with Crippen LogP contribution in [-0.4, -0.2) is 16.5 Å². The van der Waals surface area contributed by atoms with Gasteiger partial charge < -0.3 is 11.1 Å². The molecule has 1 aromatic rings. The van der Waals surface area contributed by atoms with Crippen molar-refractivity contribution in [1.29, 1.82) is 0 Å². The predicted molar refractivity (Wildman–Crippen MR) is 62.1 cm³/mol. The number of halogens is 1. The summed E-state index contributed by atoms with van der Waals surface area (Å²) in [7, 11) is 0. The summed E-state index contributed by atoms with van der Waals surface area (Å²) in [6.45, 7) is 4.23. The highest BCUT2D eigenvalue weighted by atomic mass is 35.5. The first-order chi connectivity index (χ1) is 7.22. The van der Waals surface area contributed by atoms with Crippen molar-refractivity contribution < 1.29 is 0 Å². The lowest BCUT2D eigenvalue weighted by Crippen LogP contribution is -2.08. The smallest absolute Gasteiger partial charge is 0.157 e. The second kappa shape index (κ2) is 4.06. The van der Waals surface area contributed by atoms with Crippen molar-refractivity contribution in [3.05, 3.63) is 23.6 Å². The molecule has 1 aliphatic carbocycles. The normalized spacial score (nSPS) is 15.0. The quantitative estimate of drug-likeness (QED) is 0.608. The number of aromatic nitrogens is 2. The van der Waals surface area contributed by atoms with Crippen molar-refractivity contribution in [3.63, 3.8) is 0 Å². The van der Waals surface area contributed by atoms with Gasteiger partial charge in [-0.25, -0.2) is 9.97 Å². The maximum Gasteiger partial charge on any atom is 0.157 e. The van der Waals surface area contributed by atoms with Crippen LogP contribution >= 0.6 is 11.6 Å². The van der Waals surface area contributed by atoms with Crippen LogP contribution in [-0.2, 0) is 0 Å². The van der Waals surface area contributed by atoms with Gasteiger partial charge in [0.25, 0.3) is 0 Å². The number of hydrogen-bond donors (Lipinski definition) is 2. The highest BCUT2D eigenvalue weighted by Gasteiger charge is 2.28. The van der Waals surface area contributed by atoms with E-state index in [9.17, 15) is 0 Å². The van der Waals surface area contributed by atoms with Gasteiger partial charge in [-0.15, -0.1) is 6.58 Å². The van der Waals surface area contributed by atoms with E-state index < -0.39 is 0 Å². The number of nitrogens with zero attached hydrogens (tertiary/aromatic N) is 2. The summed E-state index contributed by atoms with van der Waals surface area (Å²) in [5, 5.41) is 3.38. The molecule has 0 bridgehead atoms. The minimum absolute atomic E-state index is 0.332. The Morgan fingerprint density at radius 3 is 2.87 bits per heavy atom. The predicted octanol–water partition coefficient (Wildman–Crippen LogP) is 2.19. The van der Waals surface area contributed by atoms with Gasteiger partial charge in [0.05, 0.1) is 0 Å². The minimum atomic E-state index is 0.332. The Hall–Kier alpha value is -1.29. The van der Waals surface area contributed by atoms with Gasteiger partial charge in [0, 0.05) is 12.5 Å². The molecule has 0 spiro atoms. The Morgan fingerprint density at radius 1 is 1.53 bits per heavy atom. The molecule has 0 atom stereocenters. The van der Waals surface area contributed by atoms with E-state index in [1.165, 1.54) is 0 Å². The van der Waals surface area contributed by atoms with E-state index in [0.717, 1.165) is 18.7 Å². The fourth-order valence-electron chi connectivity index (χ4n) is 1.29. The molecule has 2 rings (SSSR count).